The number of carbonyl (C=O) groups is 4. The summed E-state index contributed by atoms with van der Waals surface area (Å²) in [7, 11) is -3.23. The molecule has 4 atom stereocenters. The monoisotopic (exact) mass is 446 g/mol. The van der Waals surface area contributed by atoms with Crippen molar-refractivity contribution < 1.29 is 27.6 Å². The highest BCUT2D eigenvalue weighted by molar-refractivity contribution is 7.92. The van der Waals surface area contributed by atoms with Gasteiger partial charge in [-0.1, -0.05) is 12.1 Å². The van der Waals surface area contributed by atoms with E-state index in [1.54, 1.807) is 18.2 Å². The number of imide groups is 2. The summed E-state index contributed by atoms with van der Waals surface area (Å²) in [4.78, 5) is 52.7. The van der Waals surface area contributed by atoms with E-state index in [0.29, 0.717) is 25.2 Å². The quantitative estimate of drug-likeness (QED) is 0.542. The van der Waals surface area contributed by atoms with Crippen LogP contribution in [0.25, 0.3) is 0 Å². The summed E-state index contributed by atoms with van der Waals surface area (Å²) in [6.45, 7) is 1.15. The third-order valence-electron chi connectivity index (χ3n) is 6.77. The molecule has 0 saturated carbocycles. The van der Waals surface area contributed by atoms with Crippen molar-refractivity contribution in [2.24, 2.45) is 11.7 Å². The summed E-state index contributed by atoms with van der Waals surface area (Å²) in [5, 5.41) is 1.68. The van der Waals surface area contributed by atoms with E-state index in [1.807, 2.05) is 4.90 Å². The van der Waals surface area contributed by atoms with E-state index in [1.165, 1.54) is 0 Å². The Kier molecular flexibility index (Phi) is 4.54. The van der Waals surface area contributed by atoms with Gasteiger partial charge >= 0.3 is 0 Å². The van der Waals surface area contributed by atoms with Gasteiger partial charge in [0.05, 0.1) is 22.1 Å². The molecular formula is C20H22N4O6S. The number of amides is 4. The number of fused-ring (bicyclic) bond motifs is 2. The molecular weight excluding hydrogens is 424 g/mol. The predicted octanol–water partition coefficient (Wildman–Crippen LogP) is -1.36. The maximum atomic E-state index is 13.2. The number of rotatable bonds is 3. The molecule has 4 amide bonds. The van der Waals surface area contributed by atoms with E-state index in [-0.39, 0.29) is 35.6 Å². The van der Waals surface area contributed by atoms with Gasteiger partial charge in [-0.15, -0.1) is 0 Å². The molecule has 5 rings (SSSR count). The van der Waals surface area contributed by atoms with Gasteiger partial charge in [0.25, 0.3) is 11.8 Å². The minimum atomic E-state index is -3.23. The normalized spacial score (nSPS) is 32.4. The molecule has 3 N–H and O–H groups in total. The zero-order valence-electron chi connectivity index (χ0n) is 16.6. The number of carbonyl (C=O) groups excluding carboxylic acids is 4. The molecule has 1 unspecified atom stereocenters. The maximum absolute atomic E-state index is 13.2. The molecule has 1 aromatic rings. The van der Waals surface area contributed by atoms with E-state index in [2.05, 4.69) is 5.32 Å². The number of benzene rings is 1. The fourth-order valence-electron chi connectivity index (χ4n) is 5.27. The number of nitrogens with one attached hydrogen (secondary N) is 1. The molecule has 4 heterocycles. The Labute approximate surface area is 178 Å². The van der Waals surface area contributed by atoms with Crippen LogP contribution in [0.5, 0.6) is 0 Å². The van der Waals surface area contributed by atoms with Crippen LogP contribution in [-0.2, 0) is 26.0 Å². The first-order valence-electron chi connectivity index (χ1n) is 10.2. The molecule has 11 heteroatoms. The van der Waals surface area contributed by atoms with Crippen molar-refractivity contribution in [2.75, 3.05) is 18.8 Å². The van der Waals surface area contributed by atoms with Crippen LogP contribution in [0.4, 0.5) is 0 Å². The zero-order chi connectivity index (χ0) is 22.1. The van der Waals surface area contributed by atoms with E-state index in [9.17, 15) is 27.6 Å². The van der Waals surface area contributed by atoms with Gasteiger partial charge in [0, 0.05) is 38.0 Å². The molecule has 164 valence electrons. The molecule has 3 fully saturated rings. The Balaban J connectivity index is 1.40. The molecule has 0 aromatic heterocycles. The van der Waals surface area contributed by atoms with E-state index in [4.69, 9.17) is 5.73 Å². The summed E-state index contributed by atoms with van der Waals surface area (Å²) in [5.41, 5.74) is 7.10. The Morgan fingerprint density at radius 3 is 2.58 bits per heavy atom. The summed E-state index contributed by atoms with van der Waals surface area (Å²) >= 11 is 0. The van der Waals surface area contributed by atoms with Crippen molar-refractivity contribution in [3.05, 3.63) is 34.9 Å². The Hall–Kier alpha value is -2.63. The molecule has 10 nitrogen and oxygen atoms in total. The highest BCUT2D eigenvalue weighted by atomic mass is 32.2. The topological polar surface area (TPSA) is 147 Å². The van der Waals surface area contributed by atoms with Crippen molar-refractivity contribution in [3.8, 4) is 0 Å². The maximum Gasteiger partial charge on any atom is 0.262 e. The second-order valence-electron chi connectivity index (χ2n) is 8.68. The van der Waals surface area contributed by atoms with Crippen LogP contribution in [0.3, 0.4) is 0 Å². The van der Waals surface area contributed by atoms with Crippen molar-refractivity contribution in [1.82, 2.24) is 15.1 Å². The van der Waals surface area contributed by atoms with Crippen LogP contribution >= 0.6 is 0 Å². The molecule has 31 heavy (non-hydrogen) atoms. The van der Waals surface area contributed by atoms with Gasteiger partial charge in [0.15, 0.2) is 9.84 Å². The summed E-state index contributed by atoms with van der Waals surface area (Å²) in [6, 6.07) is 3.54. The first-order chi connectivity index (χ1) is 14.7. The van der Waals surface area contributed by atoms with Crippen LogP contribution in [0.1, 0.15) is 39.1 Å². The van der Waals surface area contributed by atoms with E-state index >= 15 is 0 Å². The number of hydrogen-bond acceptors (Lipinski definition) is 8. The van der Waals surface area contributed by atoms with E-state index < -0.39 is 50.8 Å². The predicted molar refractivity (Wildman–Crippen MR) is 107 cm³/mol. The molecule has 4 aliphatic heterocycles. The van der Waals surface area contributed by atoms with Gasteiger partial charge in [0.2, 0.25) is 11.8 Å². The number of hydrogen-bond donors (Lipinski definition) is 2. The number of nitrogens with zero attached hydrogens (tertiary/aromatic N) is 2. The lowest BCUT2D eigenvalue weighted by Crippen LogP contribution is -2.54. The third kappa shape index (κ3) is 3.10. The largest absolute Gasteiger partial charge is 0.326 e. The molecule has 0 radical (unpaired) electrons. The minimum absolute atomic E-state index is 0.00477. The van der Waals surface area contributed by atoms with Gasteiger partial charge in [0.1, 0.15) is 6.04 Å². The minimum Gasteiger partial charge on any atom is -0.326 e. The van der Waals surface area contributed by atoms with Crippen LogP contribution < -0.4 is 11.1 Å². The van der Waals surface area contributed by atoms with Crippen molar-refractivity contribution in [2.45, 2.75) is 36.7 Å². The molecule has 0 spiro atoms. The summed E-state index contributed by atoms with van der Waals surface area (Å²) in [5.74, 6) is -2.33. The lowest BCUT2D eigenvalue weighted by Gasteiger charge is -2.28. The van der Waals surface area contributed by atoms with Gasteiger partial charge in [-0.3, -0.25) is 34.3 Å². The van der Waals surface area contributed by atoms with Gasteiger partial charge in [-0.2, -0.15) is 0 Å². The van der Waals surface area contributed by atoms with Crippen LogP contribution in [0.2, 0.25) is 0 Å². The van der Waals surface area contributed by atoms with Crippen LogP contribution in [-0.4, -0.2) is 78.0 Å². The Morgan fingerprint density at radius 1 is 1.10 bits per heavy atom. The fourth-order valence-corrected chi connectivity index (χ4v) is 7.56. The highest BCUT2D eigenvalue weighted by Gasteiger charge is 2.51. The van der Waals surface area contributed by atoms with E-state index in [0.717, 1.165) is 4.90 Å². The molecule has 4 aliphatic rings. The average molecular weight is 446 g/mol. The Bertz CT molecular complexity index is 1130. The standard InChI is InChI=1S/C20H22N4O6S/c21-13-9-31(29,30)15-8-23(7-12(13)15)6-10-2-1-3-11-17(10)20(28)24(19(11)27)14-4-5-16(25)22-18(14)26/h1-3,12-15H,4-9,21H2,(H,22,25,26)/t12-,13+,14?,15-/m0/s1. The van der Waals surface area contributed by atoms with Crippen LogP contribution in [0.15, 0.2) is 18.2 Å². The number of nitrogens with two attached hydrogens (primary N) is 1. The van der Waals surface area contributed by atoms with Gasteiger partial charge in [-0.25, -0.2) is 8.42 Å². The molecule has 3 saturated heterocycles. The van der Waals surface area contributed by atoms with Crippen LogP contribution in [0, 0.1) is 5.92 Å². The Morgan fingerprint density at radius 2 is 1.87 bits per heavy atom. The number of sulfone groups is 1. The SMILES string of the molecule is N[C@@H]1CS(=O)(=O)[C@H]2CN(Cc3cccc4c3C(=O)N(C3CCC(=O)NC3=O)C4=O)C[C@@H]12. The van der Waals surface area contributed by atoms with Gasteiger partial charge in [-0.05, 0) is 18.1 Å². The van der Waals surface area contributed by atoms with Crippen molar-refractivity contribution in [3.63, 3.8) is 0 Å². The van der Waals surface area contributed by atoms with Gasteiger partial charge < -0.3 is 5.73 Å². The number of piperidine rings is 1. The summed E-state index contributed by atoms with van der Waals surface area (Å²) in [6.07, 6.45) is 0.151. The molecule has 0 aliphatic carbocycles. The van der Waals surface area contributed by atoms with Crippen molar-refractivity contribution in [1.29, 1.82) is 0 Å². The van der Waals surface area contributed by atoms with Crippen molar-refractivity contribution >= 4 is 33.5 Å². The highest BCUT2D eigenvalue weighted by Crippen LogP contribution is 2.35. The lowest BCUT2D eigenvalue weighted by molar-refractivity contribution is -0.136. The first kappa shape index (κ1) is 20.3. The zero-order valence-corrected chi connectivity index (χ0v) is 17.4. The lowest BCUT2D eigenvalue weighted by atomic mass is 10.0. The summed E-state index contributed by atoms with van der Waals surface area (Å²) < 4.78 is 24.7. The molecule has 0 bridgehead atoms. The first-order valence-corrected chi connectivity index (χ1v) is 11.9. The number of likely N-dealkylation sites (tertiary alicyclic amines) is 1. The molecule has 1 aromatic carbocycles. The average Bonchev–Trinajstić information content (AvgIpc) is 3.29. The second kappa shape index (κ2) is 6.94. The second-order valence-corrected chi connectivity index (χ2v) is 10.9. The third-order valence-corrected chi connectivity index (χ3v) is 9.04. The fraction of sp³-hybridized carbons (Fsp3) is 0.500. The smallest absolute Gasteiger partial charge is 0.262 e.